The summed E-state index contributed by atoms with van der Waals surface area (Å²) in [6.07, 6.45) is 4.03. The van der Waals surface area contributed by atoms with Gasteiger partial charge < -0.3 is 15.1 Å². The fourth-order valence-corrected chi connectivity index (χ4v) is 3.15. The van der Waals surface area contributed by atoms with Gasteiger partial charge in [-0.1, -0.05) is 50.1 Å². The van der Waals surface area contributed by atoms with Crippen molar-refractivity contribution < 1.29 is 9.59 Å². The third-order valence-electron chi connectivity index (χ3n) is 4.83. The van der Waals surface area contributed by atoms with Crippen molar-refractivity contribution in [1.29, 1.82) is 0 Å². The lowest BCUT2D eigenvalue weighted by Gasteiger charge is -2.33. The predicted octanol–water partition coefficient (Wildman–Crippen LogP) is 2.34. The smallest absolute Gasteiger partial charge is 0.270 e. The average molecular weight is 381 g/mol. The summed E-state index contributed by atoms with van der Waals surface area (Å²) < 4.78 is 0. The van der Waals surface area contributed by atoms with Gasteiger partial charge in [0.15, 0.2) is 5.82 Å². The number of benzene rings is 1. The minimum Gasteiger partial charge on any atom is -0.353 e. The molecule has 1 aromatic carbocycles. The molecule has 1 fully saturated rings. The average Bonchev–Trinajstić information content (AvgIpc) is 2.77. The Morgan fingerprint density at radius 3 is 2.54 bits per heavy atom. The molecule has 28 heavy (non-hydrogen) atoms. The maximum absolute atomic E-state index is 12.7. The number of hydrogen-bond acceptors (Lipinski definition) is 5. The lowest BCUT2D eigenvalue weighted by molar-refractivity contribution is -0.118. The van der Waals surface area contributed by atoms with Gasteiger partial charge in [-0.05, 0) is 6.42 Å². The zero-order valence-corrected chi connectivity index (χ0v) is 16.3. The van der Waals surface area contributed by atoms with Crippen LogP contribution < -0.4 is 10.2 Å². The normalized spacial score (nSPS) is 14.0. The first-order valence-corrected chi connectivity index (χ1v) is 9.88. The standard InChI is InChI=1S/C21H27N5O2/c1-2-3-7-10-22-21(28)18-15-19(26-13-11-25(16-27)12-14-26)24-20(23-18)17-8-5-4-6-9-17/h4-6,8-9,15-16H,2-3,7,10-14H2,1H3,(H,22,28). The third-order valence-corrected chi connectivity index (χ3v) is 4.83. The van der Waals surface area contributed by atoms with E-state index < -0.39 is 0 Å². The number of rotatable bonds is 8. The summed E-state index contributed by atoms with van der Waals surface area (Å²) in [7, 11) is 0. The molecule has 1 aromatic heterocycles. The molecule has 0 atom stereocenters. The first kappa shape index (κ1) is 19.8. The van der Waals surface area contributed by atoms with Crippen LogP contribution in [0.5, 0.6) is 0 Å². The number of piperazine rings is 1. The van der Waals surface area contributed by atoms with Crippen LogP contribution in [0.15, 0.2) is 36.4 Å². The molecule has 0 saturated carbocycles. The molecule has 1 saturated heterocycles. The number of amides is 2. The number of carbonyl (C=O) groups excluding carboxylic acids is 2. The van der Waals surface area contributed by atoms with Crippen molar-refractivity contribution in [2.24, 2.45) is 0 Å². The topological polar surface area (TPSA) is 78.4 Å². The minimum atomic E-state index is -0.177. The number of hydrogen-bond donors (Lipinski definition) is 1. The molecule has 148 valence electrons. The maximum atomic E-state index is 12.7. The highest BCUT2D eigenvalue weighted by atomic mass is 16.2. The molecular weight excluding hydrogens is 354 g/mol. The molecule has 7 nitrogen and oxygen atoms in total. The minimum absolute atomic E-state index is 0.177. The van der Waals surface area contributed by atoms with Gasteiger partial charge in [0.25, 0.3) is 5.91 Å². The van der Waals surface area contributed by atoms with E-state index in [1.54, 1.807) is 11.0 Å². The number of anilines is 1. The molecule has 3 rings (SSSR count). The summed E-state index contributed by atoms with van der Waals surface area (Å²) in [4.78, 5) is 36.7. The van der Waals surface area contributed by atoms with E-state index in [0.29, 0.717) is 44.2 Å². The first-order valence-electron chi connectivity index (χ1n) is 9.88. The summed E-state index contributed by atoms with van der Waals surface area (Å²) in [5.41, 5.74) is 1.24. The lowest BCUT2D eigenvalue weighted by atomic mass is 10.2. The van der Waals surface area contributed by atoms with Crippen molar-refractivity contribution in [3.05, 3.63) is 42.1 Å². The molecular formula is C21H27N5O2. The number of aromatic nitrogens is 2. The van der Waals surface area contributed by atoms with Crippen LogP contribution in [0.4, 0.5) is 5.82 Å². The monoisotopic (exact) mass is 381 g/mol. The fourth-order valence-electron chi connectivity index (χ4n) is 3.15. The van der Waals surface area contributed by atoms with Crippen molar-refractivity contribution in [3.8, 4) is 11.4 Å². The zero-order valence-electron chi connectivity index (χ0n) is 16.3. The summed E-state index contributed by atoms with van der Waals surface area (Å²) in [5, 5.41) is 2.96. The third kappa shape index (κ3) is 5.06. The van der Waals surface area contributed by atoms with Crippen molar-refractivity contribution >= 4 is 18.1 Å². The van der Waals surface area contributed by atoms with Crippen molar-refractivity contribution in [2.75, 3.05) is 37.6 Å². The highest BCUT2D eigenvalue weighted by molar-refractivity contribution is 5.93. The Balaban J connectivity index is 1.84. The molecule has 0 unspecified atom stereocenters. The maximum Gasteiger partial charge on any atom is 0.270 e. The Hall–Kier alpha value is -2.96. The summed E-state index contributed by atoms with van der Waals surface area (Å²) in [6, 6.07) is 11.4. The van der Waals surface area contributed by atoms with Gasteiger partial charge in [0.1, 0.15) is 11.5 Å². The molecule has 0 radical (unpaired) electrons. The van der Waals surface area contributed by atoms with Gasteiger partial charge >= 0.3 is 0 Å². The largest absolute Gasteiger partial charge is 0.353 e. The van der Waals surface area contributed by atoms with Crippen LogP contribution in [0.1, 0.15) is 36.7 Å². The Morgan fingerprint density at radius 1 is 1.11 bits per heavy atom. The second-order valence-electron chi connectivity index (χ2n) is 6.89. The highest BCUT2D eigenvalue weighted by Gasteiger charge is 2.20. The molecule has 2 heterocycles. The lowest BCUT2D eigenvalue weighted by Crippen LogP contribution is -2.46. The Morgan fingerprint density at radius 2 is 1.86 bits per heavy atom. The molecule has 7 heteroatoms. The van der Waals surface area contributed by atoms with Crippen LogP contribution in [0.3, 0.4) is 0 Å². The molecule has 1 N–H and O–H groups in total. The van der Waals surface area contributed by atoms with E-state index in [1.807, 2.05) is 30.3 Å². The molecule has 1 aliphatic heterocycles. The second kappa shape index (κ2) is 9.82. The van der Waals surface area contributed by atoms with Crippen molar-refractivity contribution in [2.45, 2.75) is 26.2 Å². The quantitative estimate of drug-likeness (QED) is 0.561. The van der Waals surface area contributed by atoms with Gasteiger partial charge in [-0.2, -0.15) is 0 Å². The van der Waals surface area contributed by atoms with E-state index in [1.165, 1.54) is 0 Å². The highest BCUT2D eigenvalue weighted by Crippen LogP contribution is 2.21. The Bertz CT molecular complexity index is 789. The molecule has 2 aromatic rings. The molecule has 0 spiro atoms. The van der Waals surface area contributed by atoms with Gasteiger partial charge in [-0.15, -0.1) is 0 Å². The van der Waals surface area contributed by atoms with Gasteiger partial charge in [0.05, 0.1) is 0 Å². The van der Waals surface area contributed by atoms with Gasteiger partial charge in [-0.3, -0.25) is 9.59 Å². The van der Waals surface area contributed by atoms with E-state index in [-0.39, 0.29) is 5.91 Å². The first-order chi connectivity index (χ1) is 13.7. The van der Waals surface area contributed by atoms with Crippen molar-refractivity contribution in [1.82, 2.24) is 20.2 Å². The van der Waals surface area contributed by atoms with E-state index >= 15 is 0 Å². The summed E-state index contributed by atoms with van der Waals surface area (Å²) in [6.45, 7) is 5.43. The number of carbonyl (C=O) groups is 2. The van der Waals surface area contributed by atoms with E-state index in [4.69, 9.17) is 4.98 Å². The number of nitrogens with one attached hydrogen (secondary N) is 1. The van der Waals surface area contributed by atoms with E-state index in [0.717, 1.165) is 37.1 Å². The SMILES string of the molecule is CCCCCNC(=O)c1cc(N2CCN(C=O)CC2)nc(-c2ccccc2)n1. The van der Waals surface area contributed by atoms with Crippen LogP contribution >= 0.6 is 0 Å². The molecule has 0 aliphatic carbocycles. The van der Waals surface area contributed by atoms with Crippen LogP contribution in [-0.4, -0.2) is 59.9 Å². The zero-order chi connectivity index (χ0) is 19.8. The van der Waals surface area contributed by atoms with Crippen molar-refractivity contribution in [3.63, 3.8) is 0 Å². The van der Waals surface area contributed by atoms with Gasteiger partial charge in [0.2, 0.25) is 6.41 Å². The summed E-state index contributed by atoms with van der Waals surface area (Å²) in [5.74, 6) is 1.08. The van der Waals surface area contributed by atoms with Gasteiger partial charge in [0, 0.05) is 44.4 Å². The Kier molecular flexibility index (Phi) is 6.94. The summed E-state index contributed by atoms with van der Waals surface area (Å²) >= 11 is 0. The number of nitrogens with zero attached hydrogens (tertiary/aromatic N) is 4. The van der Waals surface area contributed by atoms with Crippen LogP contribution in [0.2, 0.25) is 0 Å². The van der Waals surface area contributed by atoms with Crippen LogP contribution in [0.25, 0.3) is 11.4 Å². The molecule has 2 amide bonds. The van der Waals surface area contributed by atoms with Gasteiger partial charge in [-0.25, -0.2) is 9.97 Å². The van der Waals surface area contributed by atoms with E-state index in [9.17, 15) is 9.59 Å². The van der Waals surface area contributed by atoms with E-state index in [2.05, 4.69) is 22.1 Å². The molecule has 1 aliphatic rings. The van der Waals surface area contributed by atoms with Crippen LogP contribution in [-0.2, 0) is 4.79 Å². The molecule has 0 bridgehead atoms. The second-order valence-corrected chi connectivity index (χ2v) is 6.89. The Labute approximate surface area is 165 Å². The number of unbranched alkanes of at least 4 members (excludes halogenated alkanes) is 2. The fraction of sp³-hybridized carbons (Fsp3) is 0.429. The van der Waals surface area contributed by atoms with Crippen LogP contribution in [0, 0.1) is 0 Å². The predicted molar refractivity (Wildman–Crippen MR) is 109 cm³/mol.